The number of amides is 1. The molecule has 2 aromatic carbocycles. The maximum atomic E-state index is 14.0. The summed E-state index contributed by atoms with van der Waals surface area (Å²) in [4.78, 5) is 31.2. The van der Waals surface area contributed by atoms with Gasteiger partial charge in [-0.15, -0.1) is 0 Å². The van der Waals surface area contributed by atoms with Gasteiger partial charge >= 0.3 is 0 Å². The first-order valence-corrected chi connectivity index (χ1v) is 12.9. The molecule has 0 fully saturated rings. The number of carbonyl (C=O) groups is 2. The minimum atomic E-state index is -4.45. The maximum absolute atomic E-state index is 14.0. The number of rotatable bonds is 12. The Morgan fingerprint density at radius 3 is 2.29 bits per heavy atom. The summed E-state index contributed by atoms with van der Waals surface area (Å²) in [6, 6.07) is 7.83. The van der Waals surface area contributed by atoms with Gasteiger partial charge in [-0.1, -0.05) is 38.1 Å². The highest BCUT2D eigenvalue weighted by atomic mass is 32.2. The monoisotopic (exact) mass is 504 g/mol. The van der Waals surface area contributed by atoms with E-state index in [9.17, 15) is 18.0 Å². The summed E-state index contributed by atoms with van der Waals surface area (Å²) in [5.41, 5.74) is 17.6. The summed E-state index contributed by atoms with van der Waals surface area (Å²) in [6.07, 6.45) is 1.07. The zero-order valence-electron chi connectivity index (χ0n) is 20.7. The third-order valence-corrected chi connectivity index (χ3v) is 7.43. The van der Waals surface area contributed by atoms with Gasteiger partial charge in [-0.05, 0) is 37.3 Å². The normalized spacial score (nSPS) is 13.3. The summed E-state index contributed by atoms with van der Waals surface area (Å²) in [5, 5.41) is 1.15. The molecule has 0 aliphatic heterocycles. The number of aldehydes is 1. The van der Waals surface area contributed by atoms with Crippen molar-refractivity contribution in [2.45, 2.75) is 50.1 Å². The van der Waals surface area contributed by atoms with Crippen LogP contribution in [0, 0.1) is 5.92 Å². The molecule has 0 saturated carbocycles. The van der Waals surface area contributed by atoms with E-state index in [0.29, 0.717) is 27.8 Å². The smallest absolute Gasteiger partial charge is 0.267 e. The Morgan fingerprint density at radius 1 is 1.09 bits per heavy atom. The summed E-state index contributed by atoms with van der Waals surface area (Å²) >= 11 is 0. The highest BCUT2D eigenvalue weighted by molar-refractivity contribution is 7.90. The Bertz CT molecular complexity index is 1180. The van der Waals surface area contributed by atoms with Crippen molar-refractivity contribution in [3.63, 3.8) is 0 Å². The van der Waals surface area contributed by atoms with Crippen LogP contribution < -0.4 is 22.1 Å². The molecule has 2 atom stereocenters. The first-order valence-electron chi connectivity index (χ1n) is 11.4. The third kappa shape index (κ3) is 6.70. The fourth-order valence-corrected chi connectivity index (χ4v) is 5.77. The maximum Gasteiger partial charge on any atom is 0.267 e. The van der Waals surface area contributed by atoms with E-state index in [2.05, 4.69) is 4.99 Å². The van der Waals surface area contributed by atoms with E-state index in [1.54, 1.807) is 18.2 Å². The zero-order chi connectivity index (χ0) is 26.3. The molecule has 0 heterocycles. The van der Waals surface area contributed by atoms with Crippen LogP contribution in [-0.2, 0) is 19.6 Å². The van der Waals surface area contributed by atoms with Crippen molar-refractivity contribution in [2.75, 3.05) is 25.5 Å². The molecule has 0 unspecified atom stereocenters. The van der Waals surface area contributed by atoms with Gasteiger partial charge in [-0.2, -0.15) is 0 Å². The van der Waals surface area contributed by atoms with E-state index >= 15 is 0 Å². The zero-order valence-corrected chi connectivity index (χ0v) is 21.5. The van der Waals surface area contributed by atoms with Gasteiger partial charge in [0.1, 0.15) is 12.3 Å². The van der Waals surface area contributed by atoms with Gasteiger partial charge in [0, 0.05) is 37.1 Å². The Kier molecular flexibility index (Phi) is 9.61. The molecule has 0 aliphatic carbocycles. The molecule has 2 rings (SSSR count). The van der Waals surface area contributed by atoms with Crippen LogP contribution in [0.1, 0.15) is 33.1 Å². The summed E-state index contributed by atoms with van der Waals surface area (Å²) in [5.74, 6) is -0.881. The van der Waals surface area contributed by atoms with Crippen molar-refractivity contribution in [3.8, 4) is 0 Å². The molecule has 35 heavy (non-hydrogen) atoms. The van der Waals surface area contributed by atoms with Gasteiger partial charge in [0.05, 0.1) is 10.9 Å². The number of hydrogen-bond donors (Lipinski definition) is 3. The molecule has 0 aliphatic rings. The lowest BCUT2D eigenvalue weighted by molar-refractivity contribution is -0.132. The molecule has 1 amide bonds. The quantitative estimate of drug-likeness (QED) is 0.169. The molecule has 0 aromatic heterocycles. The number of nitrogens with two attached hydrogens (primary N) is 3. The van der Waals surface area contributed by atoms with Gasteiger partial charge in [-0.25, -0.2) is 12.7 Å². The number of guanidine groups is 1. The first kappa shape index (κ1) is 28.1. The van der Waals surface area contributed by atoms with Crippen LogP contribution >= 0.6 is 0 Å². The van der Waals surface area contributed by atoms with Crippen LogP contribution in [0.5, 0.6) is 0 Å². The molecule has 2 aromatic rings. The average Bonchev–Trinajstić information content (AvgIpc) is 2.78. The van der Waals surface area contributed by atoms with Crippen LogP contribution in [0.25, 0.3) is 10.8 Å². The number of anilines is 1. The van der Waals surface area contributed by atoms with Crippen LogP contribution in [0.15, 0.2) is 46.3 Å². The van der Waals surface area contributed by atoms with Crippen molar-refractivity contribution in [2.24, 2.45) is 28.1 Å². The SMILES string of the molecule is CC(C)C[C@H](N)C(=O)N([C@H](C=O)CCCN=C(N)N)S(=O)(=O)c1cccc2c(N(C)C)cccc12. The van der Waals surface area contributed by atoms with Crippen LogP contribution in [0.2, 0.25) is 0 Å². The molecule has 0 bridgehead atoms. The van der Waals surface area contributed by atoms with E-state index in [1.165, 1.54) is 6.07 Å². The summed E-state index contributed by atoms with van der Waals surface area (Å²) in [6.45, 7) is 3.95. The second-order valence-corrected chi connectivity index (χ2v) is 10.8. The topological polar surface area (TPSA) is 165 Å². The highest BCUT2D eigenvalue weighted by Gasteiger charge is 2.39. The fraction of sp³-hybridized carbons (Fsp3) is 0.458. The number of hydrogen-bond acceptors (Lipinski definition) is 7. The van der Waals surface area contributed by atoms with Gasteiger partial charge in [-0.3, -0.25) is 9.79 Å². The van der Waals surface area contributed by atoms with E-state index in [1.807, 2.05) is 45.0 Å². The first-order chi connectivity index (χ1) is 16.4. The number of sulfonamides is 1. The molecule has 192 valence electrons. The van der Waals surface area contributed by atoms with E-state index < -0.39 is 28.0 Å². The summed E-state index contributed by atoms with van der Waals surface area (Å²) < 4.78 is 28.7. The molecule has 0 spiro atoms. The second-order valence-electron chi connectivity index (χ2n) is 9.05. The number of benzene rings is 2. The molecule has 0 radical (unpaired) electrons. The lowest BCUT2D eigenvalue weighted by atomic mass is 10.0. The number of nitrogens with zero attached hydrogens (tertiary/aromatic N) is 3. The average molecular weight is 505 g/mol. The Morgan fingerprint density at radius 2 is 1.71 bits per heavy atom. The van der Waals surface area contributed by atoms with E-state index in [-0.39, 0.29) is 36.2 Å². The predicted octanol–water partition coefficient (Wildman–Crippen LogP) is 1.42. The Hall–Kier alpha value is -3.18. The van der Waals surface area contributed by atoms with Gasteiger partial charge in [0.25, 0.3) is 15.9 Å². The van der Waals surface area contributed by atoms with Gasteiger partial charge in [0.15, 0.2) is 5.96 Å². The summed E-state index contributed by atoms with van der Waals surface area (Å²) in [7, 11) is -0.732. The Labute approximate surface area is 207 Å². The van der Waals surface area contributed by atoms with Crippen LogP contribution in [-0.4, -0.2) is 63.6 Å². The van der Waals surface area contributed by atoms with Crippen molar-refractivity contribution in [1.82, 2.24) is 4.31 Å². The van der Waals surface area contributed by atoms with Gasteiger partial charge in [0.2, 0.25) is 0 Å². The van der Waals surface area contributed by atoms with Gasteiger partial charge < -0.3 is 26.9 Å². The molecule has 10 nitrogen and oxygen atoms in total. The molecular formula is C24H36N6O4S. The lowest BCUT2D eigenvalue weighted by Crippen LogP contribution is -2.52. The number of fused-ring (bicyclic) bond motifs is 1. The van der Waals surface area contributed by atoms with Crippen molar-refractivity contribution in [3.05, 3.63) is 36.4 Å². The number of carbonyl (C=O) groups excluding carboxylic acids is 2. The van der Waals surface area contributed by atoms with Crippen LogP contribution in [0.3, 0.4) is 0 Å². The fourth-order valence-electron chi connectivity index (χ4n) is 3.97. The number of aliphatic imine (C=N–C) groups is 1. The largest absolute Gasteiger partial charge is 0.377 e. The van der Waals surface area contributed by atoms with E-state index in [4.69, 9.17) is 17.2 Å². The minimum absolute atomic E-state index is 0.0490. The lowest BCUT2D eigenvalue weighted by Gasteiger charge is -2.31. The van der Waals surface area contributed by atoms with Crippen molar-refractivity contribution < 1.29 is 18.0 Å². The van der Waals surface area contributed by atoms with E-state index in [0.717, 1.165) is 5.69 Å². The molecule has 0 saturated heterocycles. The second kappa shape index (κ2) is 12.0. The Balaban J connectivity index is 2.64. The third-order valence-electron chi connectivity index (χ3n) is 5.55. The predicted molar refractivity (Wildman–Crippen MR) is 139 cm³/mol. The van der Waals surface area contributed by atoms with Crippen LogP contribution in [0.4, 0.5) is 5.69 Å². The standard InChI is InChI=1S/C24H36N6O4S/c1-16(2)14-20(25)23(32)30(17(15-31)8-7-13-28-24(26)27)35(33,34)22-12-6-9-18-19(22)10-5-11-21(18)29(3)4/h5-6,9-12,15-17,20H,7-8,13-14,25H2,1-4H3,(H4,26,27,28)/t17-,20-/m0/s1. The minimum Gasteiger partial charge on any atom is -0.377 e. The van der Waals surface area contributed by atoms with Crippen molar-refractivity contribution in [1.29, 1.82) is 0 Å². The van der Waals surface area contributed by atoms with Crippen molar-refractivity contribution >= 4 is 44.6 Å². The molecule has 11 heteroatoms. The molecular weight excluding hydrogens is 468 g/mol. The highest BCUT2D eigenvalue weighted by Crippen LogP contribution is 2.33. The molecule has 6 N–H and O–H groups in total.